The third-order valence-electron chi connectivity index (χ3n) is 2.51. The van der Waals surface area contributed by atoms with Crippen molar-refractivity contribution in [1.29, 1.82) is 0 Å². The third kappa shape index (κ3) is 5.46. The molecule has 0 amide bonds. The Morgan fingerprint density at radius 1 is 1.53 bits per heavy atom. The zero-order chi connectivity index (χ0) is 12.5. The molecule has 0 bridgehead atoms. The molecule has 1 unspecified atom stereocenters. The van der Waals surface area contributed by atoms with Gasteiger partial charge in [-0.3, -0.25) is 0 Å². The minimum atomic E-state index is 0.285. The van der Waals surface area contributed by atoms with E-state index in [1.807, 2.05) is 24.2 Å². The first-order valence-corrected chi connectivity index (χ1v) is 7.43. The zero-order valence-corrected chi connectivity index (χ0v) is 11.8. The molecule has 1 N–H and O–H groups in total. The van der Waals surface area contributed by atoms with Gasteiger partial charge >= 0.3 is 0 Å². The van der Waals surface area contributed by atoms with Gasteiger partial charge in [-0.15, -0.1) is 0 Å². The highest BCUT2D eigenvalue weighted by atomic mass is 32.2. The summed E-state index contributed by atoms with van der Waals surface area (Å²) in [6, 6.07) is 0.285. The zero-order valence-electron chi connectivity index (χ0n) is 11.0. The largest absolute Gasteiger partial charge is 0.383 e. The van der Waals surface area contributed by atoms with Gasteiger partial charge in [-0.1, -0.05) is 0 Å². The molecular formula is C12H23N3OS. The lowest BCUT2D eigenvalue weighted by Gasteiger charge is -2.15. The maximum atomic E-state index is 5.10. The van der Waals surface area contributed by atoms with Gasteiger partial charge in [-0.05, 0) is 31.8 Å². The van der Waals surface area contributed by atoms with E-state index in [1.165, 1.54) is 18.6 Å². The quantitative estimate of drug-likeness (QED) is 0.690. The molecule has 0 aliphatic rings. The Morgan fingerprint density at radius 2 is 2.35 bits per heavy atom. The van der Waals surface area contributed by atoms with E-state index < -0.39 is 0 Å². The lowest BCUT2D eigenvalue weighted by Crippen LogP contribution is -2.23. The summed E-state index contributed by atoms with van der Waals surface area (Å²) >= 11 is 1.90. The van der Waals surface area contributed by atoms with Crippen molar-refractivity contribution < 1.29 is 4.74 Å². The maximum Gasteiger partial charge on any atom is 0.203 e. The molecular weight excluding hydrogens is 234 g/mol. The number of aryl methyl sites for hydroxylation is 1. The number of nitrogens with one attached hydrogen (secondary N) is 1. The molecule has 1 atom stereocenters. The van der Waals surface area contributed by atoms with Gasteiger partial charge in [0.25, 0.3) is 0 Å². The molecule has 1 aromatic heterocycles. The Kier molecular flexibility index (Phi) is 7.12. The first-order valence-electron chi connectivity index (χ1n) is 6.03. The molecule has 0 saturated carbocycles. The van der Waals surface area contributed by atoms with E-state index in [0.717, 1.165) is 12.5 Å². The van der Waals surface area contributed by atoms with Crippen LogP contribution in [0.5, 0.6) is 0 Å². The third-order valence-corrected chi connectivity index (χ3v) is 3.20. The fraction of sp³-hybridized carbons (Fsp3) is 0.750. The van der Waals surface area contributed by atoms with Crippen molar-refractivity contribution in [2.24, 2.45) is 0 Å². The van der Waals surface area contributed by atoms with Crippen LogP contribution in [0.15, 0.2) is 12.4 Å². The number of unbranched alkanes of at least 4 members (excludes halogenated alkanes) is 1. The van der Waals surface area contributed by atoms with Crippen molar-refractivity contribution in [2.45, 2.75) is 32.4 Å². The standard InChI is InChI=1S/C12H23N3OS/c1-11(10-16-2)14-12-13-6-8-15(12)7-4-5-9-17-3/h6,8,11H,4-5,7,9-10H2,1-3H3,(H,13,14). The lowest BCUT2D eigenvalue weighted by molar-refractivity contribution is 0.190. The number of aromatic nitrogens is 2. The molecule has 17 heavy (non-hydrogen) atoms. The number of methoxy groups -OCH3 is 1. The Morgan fingerprint density at radius 3 is 3.06 bits per heavy atom. The molecule has 0 fully saturated rings. The van der Waals surface area contributed by atoms with Crippen molar-refractivity contribution in [3.63, 3.8) is 0 Å². The summed E-state index contributed by atoms with van der Waals surface area (Å²) in [4.78, 5) is 4.33. The molecule has 0 aromatic carbocycles. The van der Waals surface area contributed by atoms with E-state index in [9.17, 15) is 0 Å². The number of hydrogen-bond donors (Lipinski definition) is 1. The van der Waals surface area contributed by atoms with Crippen LogP contribution in [0.3, 0.4) is 0 Å². The summed E-state index contributed by atoms with van der Waals surface area (Å²) in [6.07, 6.45) is 8.48. The van der Waals surface area contributed by atoms with Gasteiger partial charge in [0.1, 0.15) is 0 Å². The lowest BCUT2D eigenvalue weighted by atomic mass is 10.3. The van der Waals surface area contributed by atoms with Gasteiger partial charge in [0.15, 0.2) is 0 Å². The molecule has 0 spiro atoms. The van der Waals surface area contributed by atoms with E-state index in [1.54, 1.807) is 7.11 Å². The predicted octanol–water partition coefficient (Wildman–Crippen LogP) is 2.47. The van der Waals surface area contributed by atoms with Crippen LogP contribution in [0.4, 0.5) is 5.95 Å². The number of thioether (sulfide) groups is 1. The van der Waals surface area contributed by atoms with Crippen molar-refractivity contribution >= 4 is 17.7 Å². The van der Waals surface area contributed by atoms with E-state index in [4.69, 9.17) is 4.74 Å². The number of hydrogen-bond acceptors (Lipinski definition) is 4. The summed E-state index contributed by atoms with van der Waals surface area (Å²) in [7, 11) is 1.72. The summed E-state index contributed by atoms with van der Waals surface area (Å²) in [5, 5.41) is 3.35. The summed E-state index contributed by atoms with van der Waals surface area (Å²) in [5.41, 5.74) is 0. The minimum absolute atomic E-state index is 0.285. The van der Waals surface area contributed by atoms with Crippen LogP contribution in [0.25, 0.3) is 0 Å². The summed E-state index contributed by atoms with van der Waals surface area (Å²) in [5.74, 6) is 2.18. The van der Waals surface area contributed by atoms with Gasteiger partial charge in [0.05, 0.1) is 6.61 Å². The molecule has 0 radical (unpaired) electrons. The average Bonchev–Trinajstić information content (AvgIpc) is 2.72. The summed E-state index contributed by atoms with van der Waals surface area (Å²) in [6.45, 7) is 3.82. The van der Waals surface area contributed by atoms with Crippen molar-refractivity contribution in [1.82, 2.24) is 9.55 Å². The average molecular weight is 257 g/mol. The van der Waals surface area contributed by atoms with Gasteiger partial charge < -0.3 is 14.6 Å². The molecule has 1 aromatic rings. The van der Waals surface area contributed by atoms with Gasteiger partial charge in [-0.2, -0.15) is 11.8 Å². The fourth-order valence-corrected chi connectivity index (χ4v) is 2.16. The van der Waals surface area contributed by atoms with Crippen LogP contribution >= 0.6 is 11.8 Å². The minimum Gasteiger partial charge on any atom is -0.383 e. The fourth-order valence-electron chi connectivity index (χ4n) is 1.67. The Hall–Kier alpha value is -0.680. The van der Waals surface area contributed by atoms with Crippen molar-refractivity contribution in [3.05, 3.63) is 12.4 Å². The molecule has 0 aliphatic carbocycles. The van der Waals surface area contributed by atoms with Crippen LogP contribution in [-0.4, -0.2) is 41.3 Å². The van der Waals surface area contributed by atoms with Gasteiger partial charge in [0, 0.05) is 32.1 Å². The summed E-state index contributed by atoms with van der Waals surface area (Å²) < 4.78 is 7.28. The number of ether oxygens (including phenoxy) is 1. The van der Waals surface area contributed by atoms with E-state index >= 15 is 0 Å². The SMILES string of the molecule is COCC(C)Nc1nccn1CCCCSC. The smallest absolute Gasteiger partial charge is 0.203 e. The number of rotatable bonds is 9. The van der Waals surface area contributed by atoms with Gasteiger partial charge in [0.2, 0.25) is 5.95 Å². The maximum absolute atomic E-state index is 5.10. The van der Waals surface area contributed by atoms with Crippen LogP contribution in [0.2, 0.25) is 0 Å². The second-order valence-corrected chi connectivity index (χ2v) is 5.13. The van der Waals surface area contributed by atoms with Crippen LogP contribution in [-0.2, 0) is 11.3 Å². The van der Waals surface area contributed by atoms with E-state index in [2.05, 4.69) is 28.0 Å². The predicted molar refractivity (Wildman–Crippen MR) is 74.8 cm³/mol. The number of nitrogens with zero attached hydrogens (tertiary/aromatic N) is 2. The first kappa shape index (κ1) is 14.4. The second-order valence-electron chi connectivity index (χ2n) is 4.14. The number of anilines is 1. The molecule has 4 nitrogen and oxygen atoms in total. The van der Waals surface area contributed by atoms with Crippen molar-refractivity contribution in [3.8, 4) is 0 Å². The highest BCUT2D eigenvalue weighted by Gasteiger charge is 2.06. The van der Waals surface area contributed by atoms with E-state index in [0.29, 0.717) is 6.61 Å². The molecule has 1 rings (SSSR count). The van der Waals surface area contributed by atoms with Crippen LogP contribution in [0.1, 0.15) is 19.8 Å². The molecule has 1 heterocycles. The number of imidazole rings is 1. The Bertz CT molecular complexity index is 304. The first-order chi connectivity index (χ1) is 8.27. The van der Waals surface area contributed by atoms with Gasteiger partial charge in [-0.25, -0.2) is 4.98 Å². The molecule has 0 saturated heterocycles. The molecule has 0 aliphatic heterocycles. The van der Waals surface area contributed by atoms with Crippen molar-refractivity contribution in [2.75, 3.05) is 31.0 Å². The topological polar surface area (TPSA) is 39.1 Å². The van der Waals surface area contributed by atoms with E-state index in [-0.39, 0.29) is 6.04 Å². The molecule has 98 valence electrons. The molecule has 5 heteroatoms. The highest BCUT2D eigenvalue weighted by Crippen LogP contribution is 2.09. The Balaban J connectivity index is 2.37. The van der Waals surface area contributed by atoms with Crippen LogP contribution < -0.4 is 5.32 Å². The Labute approximate surface area is 108 Å². The van der Waals surface area contributed by atoms with Crippen LogP contribution in [0, 0.1) is 0 Å². The normalized spacial score (nSPS) is 12.6. The highest BCUT2D eigenvalue weighted by molar-refractivity contribution is 7.98. The monoisotopic (exact) mass is 257 g/mol. The second kappa shape index (κ2) is 8.42.